The van der Waals surface area contributed by atoms with Crippen LogP contribution >= 0.6 is 0 Å². The van der Waals surface area contributed by atoms with E-state index in [4.69, 9.17) is 5.73 Å². The van der Waals surface area contributed by atoms with Crippen LogP contribution in [0.25, 0.3) is 10.9 Å². The van der Waals surface area contributed by atoms with Crippen LogP contribution in [0.2, 0.25) is 0 Å². The number of benzene rings is 2. The van der Waals surface area contributed by atoms with E-state index >= 15 is 0 Å². The second kappa shape index (κ2) is 7.77. The van der Waals surface area contributed by atoms with E-state index in [-0.39, 0.29) is 28.8 Å². The number of pyridine rings is 1. The number of likely N-dealkylation sites (N-methyl/N-ethyl adjacent to an activating group) is 2. The van der Waals surface area contributed by atoms with Crippen LogP contribution in [0.5, 0.6) is 0 Å². The van der Waals surface area contributed by atoms with Crippen molar-refractivity contribution < 1.29 is 14.7 Å². The average Bonchev–Trinajstić information content (AvgIpc) is 3.41. The first kappa shape index (κ1) is 21.8. The molecular weight excluding hydrogens is 436 g/mol. The summed E-state index contributed by atoms with van der Waals surface area (Å²) in [6.07, 6.45) is 0.800. The highest BCUT2D eigenvalue weighted by Gasteiger charge is 2.51. The van der Waals surface area contributed by atoms with Gasteiger partial charge in [0.25, 0.3) is 11.5 Å². The number of carboxylic acid groups (broad SMARTS) is 1. The molecular formula is C24H26N6O4. The van der Waals surface area contributed by atoms with Crippen molar-refractivity contribution in [3.63, 3.8) is 0 Å². The fraction of sp³-hybridized carbons (Fsp3) is 0.292. The van der Waals surface area contributed by atoms with Crippen molar-refractivity contribution in [2.45, 2.75) is 18.1 Å². The van der Waals surface area contributed by atoms with Crippen molar-refractivity contribution in [3.8, 4) is 0 Å². The maximum atomic E-state index is 14.1. The summed E-state index contributed by atoms with van der Waals surface area (Å²) in [6.45, 7) is 1.56. The van der Waals surface area contributed by atoms with Gasteiger partial charge in [0.1, 0.15) is 0 Å². The van der Waals surface area contributed by atoms with Crippen LogP contribution in [-0.2, 0) is 10.5 Å². The summed E-state index contributed by atoms with van der Waals surface area (Å²) in [7, 11) is 3.71. The zero-order valence-corrected chi connectivity index (χ0v) is 18.9. The number of hydrogen-bond donors (Lipinski definition) is 5. The lowest BCUT2D eigenvalue weighted by molar-refractivity contribution is -0.135. The minimum atomic E-state index is -1.71. The Morgan fingerprint density at radius 1 is 1.18 bits per heavy atom. The first-order chi connectivity index (χ1) is 16.2. The van der Waals surface area contributed by atoms with Crippen LogP contribution in [0.3, 0.4) is 0 Å². The lowest BCUT2D eigenvalue weighted by Crippen LogP contribution is -2.58. The number of aromatic amines is 1. The largest absolute Gasteiger partial charge is 0.478 e. The number of aromatic nitrogens is 1. The molecule has 2 aliphatic rings. The number of nitrogens with one attached hydrogen (secondary N) is 3. The molecule has 10 heteroatoms. The molecule has 3 heterocycles. The Labute approximate surface area is 195 Å². The van der Waals surface area contributed by atoms with E-state index in [1.807, 2.05) is 7.05 Å². The van der Waals surface area contributed by atoms with Crippen molar-refractivity contribution >= 4 is 39.8 Å². The van der Waals surface area contributed by atoms with Gasteiger partial charge in [0.05, 0.1) is 33.7 Å². The predicted octanol–water partition coefficient (Wildman–Crippen LogP) is 1.66. The Morgan fingerprint density at radius 3 is 2.62 bits per heavy atom. The third-order valence-corrected chi connectivity index (χ3v) is 6.80. The quantitative estimate of drug-likeness (QED) is 0.394. The second-order valence-electron chi connectivity index (χ2n) is 8.97. The molecule has 5 rings (SSSR count). The lowest BCUT2D eigenvalue weighted by atomic mass is 9.95. The number of nitrogen functional groups attached to an aromatic ring is 1. The van der Waals surface area contributed by atoms with Gasteiger partial charge in [-0.05, 0) is 44.3 Å². The van der Waals surface area contributed by atoms with Crippen LogP contribution in [-0.4, -0.2) is 65.0 Å². The fourth-order valence-electron chi connectivity index (χ4n) is 4.96. The van der Waals surface area contributed by atoms with Crippen LogP contribution in [0.4, 0.5) is 17.1 Å². The SMILES string of the molecule is CN1CCC(N(C)C(=O)C2(c3c(N)c4ccccc4[nH]c3=O)Nc3ccc(C(=O)O)cc3N2)C1. The molecule has 2 atom stereocenters. The van der Waals surface area contributed by atoms with E-state index in [0.717, 1.165) is 13.0 Å². The predicted molar refractivity (Wildman–Crippen MR) is 130 cm³/mol. The zero-order valence-electron chi connectivity index (χ0n) is 18.9. The minimum Gasteiger partial charge on any atom is -0.478 e. The second-order valence-corrected chi connectivity index (χ2v) is 8.97. The van der Waals surface area contributed by atoms with E-state index in [1.165, 1.54) is 12.1 Å². The van der Waals surface area contributed by atoms with Crippen molar-refractivity contribution in [2.75, 3.05) is 43.6 Å². The van der Waals surface area contributed by atoms with Crippen LogP contribution in [0, 0.1) is 0 Å². The molecule has 1 fully saturated rings. The third kappa shape index (κ3) is 3.26. The molecule has 1 amide bonds. The van der Waals surface area contributed by atoms with Gasteiger partial charge in [0.2, 0.25) is 5.66 Å². The highest BCUT2D eigenvalue weighted by atomic mass is 16.4. The van der Waals surface area contributed by atoms with Gasteiger partial charge in [0, 0.05) is 25.0 Å². The summed E-state index contributed by atoms with van der Waals surface area (Å²) < 4.78 is 0. The first-order valence-corrected chi connectivity index (χ1v) is 11.0. The van der Waals surface area contributed by atoms with E-state index in [9.17, 15) is 19.5 Å². The Hall–Kier alpha value is -4.05. The Balaban J connectivity index is 1.69. The average molecular weight is 463 g/mol. The van der Waals surface area contributed by atoms with Crippen molar-refractivity contribution in [1.82, 2.24) is 14.8 Å². The van der Waals surface area contributed by atoms with Crippen molar-refractivity contribution in [2.24, 2.45) is 0 Å². The van der Waals surface area contributed by atoms with Crippen LogP contribution < -0.4 is 21.9 Å². The topological polar surface area (TPSA) is 144 Å². The first-order valence-electron chi connectivity index (χ1n) is 11.0. The van der Waals surface area contributed by atoms with Gasteiger partial charge in [0.15, 0.2) is 0 Å². The molecule has 2 aromatic carbocycles. The highest BCUT2D eigenvalue weighted by molar-refractivity contribution is 6.03. The maximum absolute atomic E-state index is 14.1. The molecule has 0 saturated carbocycles. The van der Waals surface area contributed by atoms with Crippen LogP contribution in [0.1, 0.15) is 22.3 Å². The smallest absolute Gasteiger partial charge is 0.335 e. The molecule has 6 N–H and O–H groups in total. The number of nitrogens with zero attached hydrogens (tertiary/aromatic N) is 2. The Bertz CT molecular complexity index is 1390. The van der Waals surface area contributed by atoms with E-state index in [1.54, 1.807) is 42.3 Å². The lowest BCUT2D eigenvalue weighted by Gasteiger charge is -2.36. The maximum Gasteiger partial charge on any atom is 0.335 e. The number of likely N-dealkylation sites (tertiary alicyclic amines) is 1. The molecule has 3 aromatic rings. The molecule has 34 heavy (non-hydrogen) atoms. The number of carboxylic acids is 1. The number of anilines is 3. The molecule has 1 saturated heterocycles. The van der Waals surface area contributed by atoms with Gasteiger partial charge >= 0.3 is 5.97 Å². The summed E-state index contributed by atoms with van der Waals surface area (Å²) in [5.41, 5.74) is 6.06. The van der Waals surface area contributed by atoms with Gasteiger partial charge in [-0.25, -0.2) is 4.79 Å². The summed E-state index contributed by atoms with van der Waals surface area (Å²) in [4.78, 5) is 45.7. The highest BCUT2D eigenvalue weighted by Crippen LogP contribution is 2.43. The van der Waals surface area contributed by atoms with Gasteiger partial charge < -0.3 is 36.3 Å². The molecule has 2 unspecified atom stereocenters. The van der Waals surface area contributed by atoms with Crippen molar-refractivity contribution in [1.29, 1.82) is 0 Å². The number of fused-ring (bicyclic) bond motifs is 2. The summed E-state index contributed by atoms with van der Waals surface area (Å²) >= 11 is 0. The van der Waals surface area contributed by atoms with Gasteiger partial charge in [-0.1, -0.05) is 18.2 Å². The molecule has 0 aliphatic carbocycles. The van der Waals surface area contributed by atoms with Crippen LogP contribution in [0.15, 0.2) is 47.3 Å². The Morgan fingerprint density at radius 2 is 1.91 bits per heavy atom. The summed E-state index contributed by atoms with van der Waals surface area (Å²) in [5, 5.41) is 16.4. The van der Waals surface area contributed by atoms with Gasteiger partial charge in [-0.15, -0.1) is 0 Å². The monoisotopic (exact) mass is 462 g/mol. The van der Waals surface area contributed by atoms with E-state index in [0.29, 0.717) is 28.8 Å². The van der Waals surface area contributed by atoms with Crippen molar-refractivity contribution in [3.05, 3.63) is 63.9 Å². The molecule has 0 radical (unpaired) electrons. The number of amides is 1. The Kier molecular flexibility index (Phi) is 4.98. The van der Waals surface area contributed by atoms with Gasteiger partial charge in [-0.3, -0.25) is 9.59 Å². The standard InChI is InChI=1S/C24H26N6O4/c1-29-10-9-14(12-29)30(2)23(34)24(27-17-8-7-13(22(32)33)11-18(17)28-24)19-20(25)15-5-3-4-6-16(15)26-21(19)31/h3-8,11,14,27-28H,9-10,12H2,1-2H3,(H,32,33)(H3,25,26,31). The normalized spacial score (nSPS) is 21.6. The molecule has 0 bridgehead atoms. The number of para-hydroxylation sites is 1. The fourth-order valence-corrected chi connectivity index (χ4v) is 4.96. The number of H-pyrrole nitrogens is 1. The number of rotatable bonds is 4. The number of aromatic carboxylic acids is 1. The summed E-state index contributed by atoms with van der Waals surface area (Å²) in [6, 6.07) is 11.5. The molecule has 1 aromatic heterocycles. The van der Waals surface area contributed by atoms with Gasteiger partial charge in [-0.2, -0.15) is 0 Å². The molecule has 10 nitrogen and oxygen atoms in total. The zero-order chi connectivity index (χ0) is 24.2. The minimum absolute atomic E-state index is 0.0440. The molecule has 2 aliphatic heterocycles. The third-order valence-electron chi connectivity index (χ3n) is 6.80. The number of carbonyl (C=O) groups excluding carboxylic acids is 1. The summed E-state index contributed by atoms with van der Waals surface area (Å²) in [5.74, 6) is -1.48. The number of carbonyl (C=O) groups is 2. The molecule has 0 spiro atoms. The number of hydrogen-bond acceptors (Lipinski definition) is 7. The van der Waals surface area contributed by atoms with E-state index in [2.05, 4.69) is 20.5 Å². The molecule has 176 valence electrons. The van der Waals surface area contributed by atoms with E-state index < -0.39 is 17.2 Å². The number of nitrogens with two attached hydrogens (primary N) is 1.